The fourth-order valence-corrected chi connectivity index (χ4v) is 6.43. The fraction of sp³-hybridized carbons (Fsp3) is 0.875. The molecule has 0 aromatic rings. The average Bonchev–Trinajstić information content (AvgIpc) is 3.09. The van der Waals surface area contributed by atoms with Gasteiger partial charge >= 0.3 is 13.8 Å². The van der Waals surface area contributed by atoms with Crippen LogP contribution in [-0.4, -0.2) is 43.3 Å². The monoisotopic (exact) mass is 716 g/mol. The number of carbonyl (C=O) groups excluding carboxylic acids is 1. The van der Waals surface area contributed by atoms with Crippen molar-refractivity contribution in [2.24, 2.45) is 5.73 Å². The number of allylic oxidation sites excluding steroid dienone is 3. The third kappa shape index (κ3) is 37.9. The molecule has 0 heterocycles. The molecule has 0 fully saturated rings. The molecular formula is C40H78NO7P. The van der Waals surface area contributed by atoms with Crippen LogP contribution < -0.4 is 5.73 Å². The first-order valence-corrected chi connectivity index (χ1v) is 21.9. The van der Waals surface area contributed by atoms with E-state index in [1.54, 1.807) is 6.26 Å². The lowest BCUT2D eigenvalue weighted by atomic mass is 10.0. The van der Waals surface area contributed by atoms with Crippen LogP contribution in [0.4, 0.5) is 0 Å². The van der Waals surface area contributed by atoms with Crippen LogP contribution in [0, 0.1) is 0 Å². The molecule has 0 amide bonds. The molecule has 0 bridgehead atoms. The highest BCUT2D eigenvalue weighted by Gasteiger charge is 2.25. The molecule has 0 saturated heterocycles. The Bertz CT molecular complexity index is 807. The van der Waals surface area contributed by atoms with Crippen LogP contribution in [0.3, 0.4) is 0 Å². The SMILES string of the molecule is CCCCC/C=C\CCCCCCCC(=O)O[C@H](CO/C=C\CCCCCCCCCCCCCCCCCC)COP(=O)(O)OCCN. The van der Waals surface area contributed by atoms with Crippen molar-refractivity contribution in [1.29, 1.82) is 0 Å². The molecule has 0 aromatic carbocycles. The van der Waals surface area contributed by atoms with Crippen molar-refractivity contribution in [3.63, 3.8) is 0 Å². The highest BCUT2D eigenvalue weighted by Crippen LogP contribution is 2.43. The van der Waals surface area contributed by atoms with Crippen LogP contribution >= 0.6 is 7.82 Å². The van der Waals surface area contributed by atoms with Gasteiger partial charge in [0, 0.05) is 13.0 Å². The minimum absolute atomic E-state index is 0.0318. The van der Waals surface area contributed by atoms with Gasteiger partial charge in [0.2, 0.25) is 0 Å². The van der Waals surface area contributed by atoms with E-state index in [9.17, 15) is 14.3 Å². The molecule has 290 valence electrons. The molecule has 0 aliphatic carbocycles. The van der Waals surface area contributed by atoms with Crippen molar-refractivity contribution in [3.8, 4) is 0 Å². The summed E-state index contributed by atoms with van der Waals surface area (Å²) in [7, 11) is -4.29. The normalized spacial score (nSPS) is 13.7. The lowest BCUT2D eigenvalue weighted by Gasteiger charge is -2.19. The first kappa shape index (κ1) is 47.8. The van der Waals surface area contributed by atoms with Crippen LogP contribution in [0.15, 0.2) is 24.5 Å². The quantitative estimate of drug-likeness (QED) is 0.0212. The van der Waals surface area contributed by atoms with E-state index in [1.807, 2.05) is 6.08 Å². The van der Waals surface area contributed by atoms with Gasteiger partial charge in [0.1, 0.15) is 6.61 Å². The lowest BCUT2D eigenvalue weighted by Crippen LogP contribution is -2.27. The second-order valence-corrected chi connectivity index (χ2v) is 15.0. The van der Waals surface area contributed by atoms with Crippen molar-refractivity contribution in [2.45, 2.75) is 200 Å². The van der Waals surface area contributed by atoms with Crippen molar-refractivity contribution >= 4 is 13.8 Å². The summed E-state index contributed by atoms with van der Waals surface area (Å²) in [6.45, 7) is 4.22. The summed E-state index contributed by atoms with van der Waals surface area (Å²) >= 11 is 0. The van der Waals surface area contributed by atoms with E-state index in [2.05, 4.69) is 26.0 Å². The lowest BCUT2D eigenvalue weighted by molar-refractivity contribution is -0.153. The number of ether oxygens (including phenoxy) is 2. The maximum absolute atomic E-state index is 12.5. The Kier molecular flexibility index (Phi) is 37.1. The maximum Gasteiger partial charge on any atom is 0.472 e. The highest BCUT2D eigenvalue weighted by molar-refractivity contribution is 7.47. The van der Waals surface area contributed by atoms with E-state index in [0.29, 0.717) is 6.42 Å². The van der Waals surface area contributed by atoms with Gasteiger partial charge in [0.25, 0.3) is 0 Å². The smallest absolute Gasteiger partial charge is 0.472 e. The van der Waals surface area contributed by atoms with Crippen LogP contribution in [0.25, 0.3) is 0 Å². The molecule has 0 radical (unpaired) electrons. The van der Waals surface area contributed by atoms with Crippen LogP contribution in [-0.2, 0) is 27.9 Å². The molecule has 0 spiro atoms. The predicted molar refractivity (Wildman–Crippen MR) is 206 cm³/mol. The Labute approximate surface area is 302 Å². The third-order valence-electron chi connectivity index (χ3n) is 8.69. The third-order valence-corrected chi connectivity index (χ3v) is 9.67. The summed E-state index contributed by atoms with van der Waals surface area (Å²) in [6, 6.07) is 0. The van der Waals surface area contributed by atoms with Crippen molar-refractivity contribution in [2.75, 3.05) is 26.4 Å². The second kappa shape index (κ2) is 38.1. The zero-order valence-electron chi connectivity index (χ0n) is 31.9. The Balaban J connectivity index is 4.07. The first-order chi connectivity index (χ1) is 23.9. The Morgan fingerprint density at radius 2 is 1.04 bits per heavy atom. The largest absolute Gasteiger partial charge is 0.498 e. The van der Waals surface area contributed by atoms with E-state index in [0.717, 1.165) is 44.9 Å². The number of hydrogen-bond donors (Lipinski definition) is 2. The Hall–Kier alpha value is -1.18. The number of carbonyl (C=O) groups is 1. The van der Waals surface area contributed by atoms with Gasteiger partial charge in [-0.15, -0.1) is 0 Å². The number of phosphoric ester groups is 1. The average molecular weight is 716 g/mol. The van der Waals surface area contributed by atoms with Gasteiger partial charge < -0.3 is 20.1 Å². The maximum atomic E-state index is 12.5. The summed E-state index contributed by atoms with van der Waals surface area (Å²) in [5.41, 5.74) is 5.35. The van der Waals surface area contributed by atoms with Gasteiger partial charge in [0.15, 0.2) is 6.10 Å². The number of nitrogens with two attached hydrogens (primary N) is 1. The molecule has 0 aromatic heterocycles. The summed E-state index contributed by atoms with van der Waals surface area (Å²) in [4.78, 5) is 22.4. The topological polar surface area (TPSA) is 117 Å². The van der Waals surface area contributed by atoms with Gasteiger partial charge in [-0.05, 0) is 51.0 Å². The minimum Gasteiger partial charge on any atom is -0.498 e. The van der Waals surface area contributed by atoms with Crippen molar-refractivity contribution < 1.29 is 32.8 Å². The molecule has 2 atom stereocenters. The van der Waals surface area contributed by atoms with E-state index < -0.39 is 13.9 Å². The molecule has 1 unspecified atom stereocenters. The molecule has 0 aliphatic heterocycles. The van der Waals surface area contributed by atoms with Gasteiger partial charge in [0.05, 0.1) is 19.5 Å². The Morgan fingerprint density at radius 1 is 0.612 bits per heavy atom. The van der Waals surface area contributed by atoms with Crippen LogP contribution in [0.2, 0.25) is 0 Å². The molecule has 0 aliphatic rings. The van der Waals surface area contributed by atoms with Crippen molar-refractivity contribution in [3.05, 3.63) is 24.5 Å². The number of rotatable bonds is 39. The number of unbranched alkanes of at least 4 members (excludes halogenated alkanes) is 24. The zero-order valence-corrected chi connectivity index (χ0v) is 32.8. The first-order valence-electron chi connectivity index (χ1n) is 20.4. The zero-order chi connectivity index (χ0) is 35.9. The fourth-order valence-electron chi connectivity index (χ4n) is 5.66. The minimum atomic E-state index is -4.29. The summed E-state index contributed by atoms with van der Waals surface area (Å²) in [5, 5.41) is 0. The highest BCUT2D eigenvalue weighted by atomic mass is 31.2. The van der Waals surface area contributed by atoms with Crippen LogP contribution in [0.1, 0.15) is 194 Å². The molecular weight excluding hydrogens is 637 g/mol. The van der Waals surface area contributed by atoms with Gasteiger partial charge in [-0.25, -0.2) is 4.57 Å². The van der Waals surface area contributed by atoms with Gasteiger partial charge in [-0.2, -0.15) is 0 Å². The Morgan fingerprint density at radius 3 is 1.55 bits per heavy atom. The molecule has 0 saturated carbocycles. The molecule has 49 heavy (non-hydrogen) atoms. The van der Waals surface area contributed by atoms with E-state index in [-0.39, 0.29) is 32.3 Å². The number of hydrogen-bond acceptors (Lipinski definition) is 7. The standard InChI is InChI=1S/C40H78NO7P/c1-3-5-7-9-11-13-15-17-18-19-20-21-22-24-26-28-30-32-35-45-37-39(38-47-49(43,44)46-36-34-41)48-40(42)33-31-29-27-25-23-16-14-12-10-8-6-4-2/h12,14,32,35,39H,3-11,13,15-31,33-34,36-38,41H2,1-2H3,(H,43,44)/b14-12-,35-32-/t39-/m1/s1. The van der Waals surface area contributed by atoms with E-state index >= 15 is 0 Å². The van der Waals surface area contributed by atoms with E-state index in [1.165, 1.54) is 128 Å². The summed E-state index contributed by atoms with van der Waals surface area (Å²) in [6.07, 6.45) is 41.5. The van der Waals surface area contributed by atoms with Gasteiger partial charge in [-0.1, -0.05) is 154 Å². The molecule has 8 nitrogen and oxygen atoms in total. The number of esters is 1. The second-order valence-electron chi connectivity index (χ2n) is 13.6. The van der Waals surface area contributed by atoms with E-state index in [4.69, 9.17) is 24.3 Å². The summed E-state index contributed by atoms with van der Waals surface area (Å²) in [5.74, 6) is -0.361. The molecule has 0 rings (SSSR count). The predicted octanol–water partition coefficient (Wildman–Crippen LogP) is 12.0. The molecule has 3 N–H and O–H groups in total. The molecule has 9 heteroatoms. The van der Waals surface area contributed by atoms with Gasteiger partial charge in [-0.3, -0.25) is 13.8 Å². The van der Waals surface area contributed by atoms with Crippen molar-refractivity contribution in [1.82, 2.24) is 0 Å². The van der Waals surface area contributed by atoms with Crippen LogP contribution in [0.5, 0.6) is 0 Å². The number of phosphoric acid groups is 1. The summed E-state index contributed by atoms with van der Waals surface area (Å²) < 4.78 is 33.1.